The molecule has 0 radical (unpaired) electrons. The Labute approximate surface area is 119 Å². The van der Waals surface area contributed by atoms with Crippen LogP contribution in [-0.4, -0.2) is 22.7 Å². The van der Waals surface area contributed by atoms with Crippen LogP contribution >= 0.6 is 0 Å². The van der Waals surface area contributed by atoms with Crippen LogP contribution in [0.1, 0.15) is 22.4 Å². The molecule has 0 amide bonds. The molecule has 0 unspecified atom stereocenters. The van der Waals surface area contributed by atoms with E-state index < -0.39 is 0 Å². The van der Waals surface area contributed by atoms with Gasteiger partial charge in [0.15, 0.2) is 0 Å². The van der Waals surface area contributed by atoms with Crippen molar-refractivity contribution in [2.75, 3.05) is 11.9 Å². The van der Waals surface area contributed by atoms with E-state index in [9.17, 15) is 0 Å². The molecule has 5 nitrogen and oxygen atoms in total. The highest BCUT2D eigenvalue weighted by molar-refractivity contribution is 6.00. The molecule has 106 valence electrons. The highest BCUT2D eigenvalue weighted by Gasteiger charge is 2.19. The summed E-state index contributed by atoms with van der Waals surface area (Å²) in [5.74, 6) is 0.929. The first kappa shape index (κ1) is 14.1. The highest BCUT2D eigenvalue weighted by atomic mass is 15.4. The molecule has 0 aliphatic carbocycles. The lowest BCUT2D eigenvalue weighted by molar-refractivity contribution is 0.726. The van der Waals surface area contributed by atoms with Crippen LogP contribution in [0.5, 0.6) is 0 Å². The predicted molar refractivity (Wildman–Crippen MR) is 82.2 cm³/mol. The lowest BCUT2D eigenvalue weighted by Crippen LogP contribution is -2.23. The van der Waals surface area contributed by atoms with E-state index in [-0.39, 0.29) is 5.84 Å². The van der Waals surface area contributed by atoms with Crippen molar-refractivity contribution >= 4 is 11.7 Å². The van der Waals surface area contributed by atoms with Gasteiger partial charge in [-0.25, -0.2) is 0 Å². The van der Waals surface area contributed by atoms with E-state index in [4.69, 9.17) is 11.1 Å². The van der Waals surface area contributed by atoms with Crippen molar-refractivity contribution < 1.29 is 0 Å². The summed E-state index contributed by atoms with van der Waals surface area (Å²) < 4.78 is 1.78. The molecule has 0 spiro atoms. The van der Waals surface area contributed by atoms with Crippen molar-refractivity contribution in [1.29, 1.82) is 5.41 Å². The smallest absolute Gasteiger partial charge is 0.137 e. The van der Waals surface area contributed by atoms with Gasteiger partial charge in [-0.2, -0.15) is 5.10 Å². The fourth-order valence-corrected chi connectivity index (χ4v) is 2.56. The lowest BCUT2D eigenvalue weighted by atomic mass is 10.1. The monoisotopic (exact) mass is 271 g/mol. The van der Waals surface area contributed by atoms with Crippen molar-refractivity contribution in [1.82, 2.24) is 9.78 Å². The standard InChI is InChI=1S/C15H21N5/c1-10-6-5-7-12(8-10)9-19(3)15-13(14(16)17)11(2)18-20(15)4/h5-8H,9H2,1-4H3,(H3,16,17). The Morgan fingerprint density at radius 2 is 2.10 bits per heavy atom. The third kappa shape index (κ3) is 2.66. The molecule has 0 atom stereocenters. The molecule has 1 heterocycles. The van der Waals surface area contributed by atoms with Gasteiger partial charge < -0.3 is 10.6 Å². The Hall–Kier alpha value is -2.30. The second-order valence-electron chi connectivity index (χ2n) is 5.17. The largest absolute Gasteiger partial charge is 0.384 e. The van der Waals surface area contributed by atoms with Gasteiger partial charge in [0.25, 0.3) is 0 Å². The summed E-state index contributed by atoms with van der Waals surface area (Å²) in [5.41, 5.74) is 9.64. The van der Waals surface area contributed by atoms with E-state index in [2.05, 4.69) is 41.2 Å². The van der Waals surface area contributed by atoms with E-state index in [1.165, 1.54) is 11.1 Å². The predicted octanol–water partition coefficient (Wildman–Crippen LogP) is 1.96. The molecular formula is C15H21N5. The molecule has 2 aromatic rings. The van der Waals surface area contributed by atoms with Gasteiger partial charge in [-0.3, -0.25) is 10.1 Å². The Kier molecular flexibility index (Phi) is 3.79. The third-order valence-electron chi connectivity index (χ3n) is 3.33. The number of hydrogen-bond donors (Lipinski definition) is 2. The van der Waals surface area contributed by atoms with Crippen LogP contribution in [0.4, 0.5) is 5.82 Å². The lowest BCUT2D eigenvalue weighted by Gasteiger charge is -2.21. The molecule has 1 aromatic carbocycles. The average Bonchev–Trinajstić information content (AvgIpc) is 2.64. The second kappa shape index (κ2) is 5.36. The minimum Gasteiger partial charge on any atom is -0.384 e. The average molecular weight is 271 g/mol. The molecule has 0 aliphatic heterocycles. The summed E-state index contributed by atoms with van der Waals surface area (Å²) in [6.45, 7) is 4.71. The summed E-state index contributed by atoms with van der Waals surface area (Å²) in [4.78, 5) is 2.07. The van der Waals surface area contributed by atoms with Crippen molar-refractivity contribution in [2.24, 2.45) is 12.8 Å². The van der Waals surface area contributed by atoms with Crippen molar-refractivity contribution in [2.45, 2.75) is 20.4 Å². The maximum atomic E-state index is 7.74. The second-order valence-corrected chi connectivity index (χ2v) is 5.17. The molecule has 0 saturated carbocycles. The van der Waals surface area contributed by atoms with Crippen molar-refractivity contribution in [3.8, 4) is 0 Å². The maximum Gasteiger partial charge on any atom is 0.137 e. The van der Waals surface area contributed by atoms with Gasteiger partial charge in [0, 0.05) is 20.6 Å². The Balaban J connectivity index is 2.34. The molecule has 1 aromatic heterocycles. The van der Waals surface area contributed by atoms with E-state index >= 15 is 0 Å². The number of nitrogens with zero attached hydrogens (tertiary/aromatic N) is 3. The topological polar surface area (TPSA) is 70.9 Å². The number of rotatable bonds is 4. The zero-order valence-corrected chi connectivity index (χ0v) is 12.4. The minimum absolute atomic E-state index is 0.0571. The number of aryl methyl sites for hydroxylation is 3. The Bertz CT molecular complexity index is 642. The summed E-state index contributed by atoms with van der Waals surface area (Å²) in [6, 6.07) is 8.39. The van der Waals surface area contributed by atoms with E-state index in [1.807, 2.05) is 21.0 Å². The maximum absolute atomic E-state index is 7.74. The molecule has 3 N–H and O–H groups in total. The summed E-state index contributed by atoms with van der Waals surface area (Å²) in [6.07, 6.45) is 0. The quantitative estimate of drug-likeness (QED) is 0.659. The van der Waals surface area contributed by atoms with E-state index in [0.717, 1.165) is 18.1 Å². The summed E-state index contributed by atoms with van der Waals surface area (Å²) in [5, 5.41) is 12.1. The van der Waals surface area contributed by atoms with Crippen LogP contribution in [-0.2, 0) is 13.6 Å². The van der Waals surface area contributed by atoms with Gasteiger partial charge in [-0.15, -0.1) is 0 Å². The number of nitrogen functional groups attached to an aromatic ring is 1. The molecule has 0 saturated heterocycles. The number of hydrogen-bond acceptors (Lipinski definition) is 3. The van der Waals surface area contributed by atoms with Gasteiger partial charge in [0.05, 0.1) is 11.3 Å². The van der Waals surface area contributed by atoms with Crippen LogP contribution in [0.3, 0.4) is 0 Å². The Morgan fingerprint density at radius 3 is 2.70 bits per heavy atom. The molecule has 2 rings (SSSR count). The van der Waals surface area contributed by atoms with Gasteiger partial charge in [0.2, 0.25) is 0 Å². The van der Waals surface area contributed by atoms with Crippen LogP contribution < -0.4 is 10.6 Å². The zero-order chi connectivity index (χ0) is 14.9. The molecule has 0 aliphatic rings. The van der Waals surface area contributed by atoms with Gasteiger partial charge in [-0.1, -0.05) is 29.8 Å². The molecule has 20 heavy (non-hydrogen) atoms. The van der Waals surface area contributed by atoms with Crippen LogP contribution in [0, 0.1) is 19.3 Å². The normalized spacial score (nSPS) is 10.6. The van der Waals surface area contributed by atoms with Crippen molar-refractivity contribution in [3.05, 3.63) is 46.6 Å². The Morgan fingerprint density at radius 1 is 1.40 bits per heavy atom. The molecule has 0 fully saturated rings. The number of nitrogens with two attached hydrogens (primary N) is 1. The van der Waals surface area contributed by atoms with Crippen LogP contribution in [0.25, 0.3) is 0 Å². The molecular weight excluding hydrogens is 250 g/mol. The summed E-state index contributed by atoms with van der Waals surface area (Å²) >= 11 is 0. The number of nitrogens with one attached hydrogen (secondary N) is 1. The fraction of sp³-hybridized carbons (Fsp3) is 0.333. The fourth-order valence-electron chi connectivity index (χ4n) is 2.56. The summed E-state index contributed by atoms with van der Waals surface area (Å²) in [7, 11) is 3.87. The van der Waals surface area contributed by atoms with Gasteiger partial charge in [0.1, 0.15) is 11.7 Å². The number of benzene rings is 1. The van der Waals surface area contributed by atoms with Crippen molar-refractivity contribution in [3.63, 3.8) is 0 Å². The number of amidine groups is 1. The van der Waals surface area contributed by atoms with Gasteiger partial charge in [-0.05, 0) is 19.4 Å². The first-order valence-corrected chi connectivity index (χ1v) is 6.55. The first-order chi connectivity index (χ1) is 9.40. The molecule has 5 heteroatoms. The number of aromatic nitrogens is 2. The zero-order valence-electron chi connectivity index (χ0n) is 12.4. The molecule has 0 bridgehead atoms. The van der Waals surface area contributed by atoms with Crippen LogP contribution in [0.2, 0.25) is 0 Å². The SMILES string of the molecule is Cc1cccc(CN(C)c2c(C(=N)N)c(C)nn2C)c1. The number of anilines is 1. The van der Waals surface area contributed by atoms with E-state index in [1.54, 1.807) is 4.68 Å². The minimum atomic E-state index is 0.0571. The first-order valence-electron chi connectivity index (χ1n) is 6.55. The van der Waals surface area contributed by atoms with E-state index in [0.29, 0.717) is 5.56 Å². The third-order valence-corrected chi connectivity index (χ3v) is 3.33. The highest BCUT2D eigenvalue weighted by Crippen LogP contribution is 2.23. The van der Waals surface area contributed by atoms with Crippen LogP contribution in [0.15, 0.2) is 24.3 Å². The van der Waals surface area contributed by atoms with Gasteiger partial charge >= 0.3 is 0 Å².